The Morgan fingerprint density at radius 2 is 1.95 bits per heavy atom. The minimum atomic E-state index is -1.80. The summed E-state index contributed by atoms with van der Waals surface area (Å²) in [6.07, 6.45) is 5.24. The second kappa shape index (κ2) is 5.32. The fourth-order valence-corrected chi connectivity index (χ4v) is 2.03. The lowest BCUT2D eigenvalue weighted by Gasteiger charge is -2.07. The third-order valence-electron chi connectivity index (χ3n) is 2.94. The molecule has 20 heavy (non-hydrogen) atoms. The molecule has 0 aliphatic carbocycles. The third-order valence-corrected chi connectivity index (χ3v) is 2.94. The van der Waals surface area contributed by atoms with Gasteiger partial charge in [-0.2, -0.15) is 0 Å². The molecule has 0 spiro atoms. The number of imidazole rings is 1. The Bertz CT molecular complexity index is 712. The molecule has 7 heteroatoms. The molecule has 3 rings (SSSR count). The van der Waals surface area contributed by atoms with Gasteiger partial charge in [0.15, 0.2) is 0 Å². The lowest BCUT2D eigenvalue weighted by molar-refractivity contribution is 0.288. The number of benzene rings is 1. The summed E-state index contributed by atoms with van der Waals surface area (Å²) in [7, 11) is -1.80. The van der Waals surface area contributed by atoms with Crippen LogP contribution in [0.2, 0.25) is 0 Å². The third kappa shape index (κ3) is 2.63. The highest BCUT2D eigenvalue weighted by Gasteiger charge is 2.10. The van der Waals surface area contributed by atoms with Gasteiger partial charge in [-0.15, -0.1) is 0 Å². The molecule has 0 atom stereocenters. The van der Waals surface area contributed by atoms with Gasteiger partial charge >= 0.3 is 7.32 Å². The van der Waals surface area contributed by atoms with Crippen molar-refractivity contribution in [2.75, 3.05) is 0 Å². The second-order valence-electron chi connectivity index (χ2n) is 4.32. The number of aromatic nitrogens is 3. The number of pyridine rings is 1. The molecule has 2 N–H and O–H groups in total. The van der Waals surface area contributed by atoms with Gasteiger partial charge in [-0.3, -0.25) is 4.98 Å². The van der Waals surface area contributed by atoms with Crippen LogP contribution in [0, 0.1) is 0 Å². The molecule has 0 radical (unpaired) electrons. The van der Waals surface area contributed by atoms with E-state index in [9.17, 15) is 0 Å². The van der Waals surface area contributed by atoms with Crippen molar-refractivity contribution in [2.45, 2.75) is 6.54 Å². The molecule has 0 fully saturated rings. The van der Waals surface area contributed by atoms with E-state index >= 15 is 0 Å². The predicted molar refractivity (Wildman–Crippen MR) is 73.9 cm³/mol. The highest BCUT2D eigenvalue weighted by Crippen LogP contribution is 2.16. The average molecular weight is 269 g/mol. The Balaban J connectivity index is 1.80. The van der Waals surface area contributed by atoms with Crippen LogP contribution in [0.25, 0.3) is 11.0 Å². The first kappa shape index (κ1) is 12.6. The second-order valence-corrected chi connectivity index (χ2v) is 4.32. The monoisotopic (exact) mass is 269 g/mol. The highest BCUT2D eigenvalue weighted by atomic mass is 16.6. The van der Waals surface area contributed by atoms with E-state index < -0.39 is 7.32 Å². The van der Waals surface area contributed by atoms with Crippen molar-refractivity contribution in [1.82, 2.24) is 14.5 Å². The topological polar surface area (TPSA) is 80.4 Å². The smallest absolute Gasteiger partial charge is 0.512 e. The Hall–Kier alpha value is -2.38. The summed E-state index contributed by atoms with van der Waals surface area (Å²) in [5.74, 6) is 0.406. The van der Waals surface area contributed by atoms with Crippen LogP contribution in [0.5, 0.6) is 5.75 Å². The molecule has 100 valence electrons. The number of fused-ring (bicyclic) bond motifs is 1. The molecule has 0 aliphatic heterocycles. The van der Waals surface area contributed by atoms with Crippen molar-refractivity contribution in [3.8, 4) is 5.75 Å². The van der Waals surface area contributed by atoms with Crippen molar-refractivity contribution in [3.05, 3.63) is 54.6 Å². The zero-order chi connectivity index (χ0) is 13.9. The first-order chi connectivity index (χ1) is 9.72. The standard InChI is InChI=1S/C13H12BN3O3/c18-14(19)20-11-3-1-10(2-4-11)8-17-9-16-12-7-15-6-5-13(12)17/h1-7,9,18-19H,8H2. The predicted octanol–water partition coefficient (Wildman–Crippen LogP) is 0.828. The fourth-order valence-electron chi connectivity index (χ4n) is 2.03. The van der Waals surface area contributed by atoms with Gasteiger partial charge in [0.05, 0.1) is 18.0 Å². The number of rotatable bonds is 4. The Morgan fingerprint density at radius 3 is 2.70 bits per heavy atom. The van der Waals surface area contributed by atoms with Crippen molar-refractivity contribution in [3.63, 3.8) is 0 Å². The molecule has 0 aliphatic rings. The summed E-state index contributed by atoms with van der Waals surface area (Å²) < 4.78 is 6.78. The summed E-state index contributed by atoms with van der Waals surface area (Å²) in [5.41, 5.74) is 2.93. The zero-order valence-corrected chi connectivity index (χ0v) is 10.5. The van der Waals surface area contributed by atoms with Gasteiger partial charge in [0.1, 0.15) is 11.3 Å². The van der Waals surface area contributed by atoms with Gasteiger partial charge in [-0.05, 0) is 23.8 Å². The molecule has 3 aromatic rings. The Morgan fingerprint density at radius 1 is 1.15 bits per heavy atom. The van der Waals surface area contributed by atoms with Gasteiger partial charge in [0, 0.05) is 12.7 Å². The summed E-state index contributed by atoms with van der Waals surface area (Å²) in [6, 6.07) is 9.03. The minimum absolute atomic E-state index is 0.406. The first-order valence-corrected chi connectivity index (χ1v) is 6.09. The van der Waals surface area contributed by atoms with Gasteiger partial charge < -0.3 is 19.3 Å². The van der Waals surface area contributed by atoms with Crippen LogP contribution >= 0.6 is 0 Å². The number of hydrogen-bond acceptors (Lipinski definition) is 5. The maximum atomic E-state index is 8.72. The van der Waals surface area contributed by atoms with E-state index in [0.717, 1.165) is 16.6 Å². The summed E-state index contributed by atoms with van der Waals surface area (Å²) >= 11 is 0. The zero-order valence-electron chi connectivity index (χ0n) is 10.5. The molecular weight excluding hydrogens is 257 g/mol. The van der Waals surface area contributed by atoms with E-state index in [4.69, 9.17) is 14.7 Å². The summed E-state index contributed by atoms with van der Waals surface area (Å²) in [4.78, 5) is 8.31. The van der Waals surface area contributed by atoms with Gasteiger partial charge in [-0.25, -0.2) is 4.98 Å². The van der Waals surface area contributed by atoms with Crippen molar-refractivity contribution >= 4 is 18.4 Å². The normalized spacial score (nSPS) is 10.7. The molecular formula is C13H12BN3O3. The van der Waals surface area contributed by atoms with Crippen molar-refractivity contribution < 1.29 is 14.7 Å². The van der Waals surface area contributed by atoms with E-state index in [-0.39, 0.29) is 0 Å². The van der Waals surface area contributed by atoms with E-state index in [0.29, 0.717) is 12.3 Å². The van der Waals surface area contributed by atoms with Gasteiger partial charge in [0.25, 0.3) is 0 Å². The van der Waals surface area contributed by atoms with E-state index in [1.807, 2.05) is 22.8 Å². The van der Waals surface area contributed by atoms with Crippen LogP contribution in [0.15, 0.2) is 49.1 Å². The average Bonchev–Trinajstić information content (AvgIpc) is 2.84. The van der Waals surface area contributed by atoms with E-state index in [1.165, 1.54) is 0 Å². The van der Waals surface area contributed by atoms with E-state index in [2.05, 4.69) is 9.97 Å². The first-order valence-electron chi connectivity index (χ1n) is 6.09. The van der Waals surface area contributed by atoms with Crippen molar-refractivity contribution in [1.29, 1.82) is 0 Å². The van der Waals surface area contributed by atoms with Crippen LogP contribution in [-0.2, 0) is 6.54 Å². The Labute approximate surface area is 115 Å². The highest BCUT2D eigenvalue weighted by molar-refractivity contribution is 6.33. The van der Waals surface area contributed by atoms with Gasteiger partial charge in [-0.1, -0.05) is 12.1 Å². The molecule has 2 heterocycles. The number of hydrogen-bond donors (Lipinski definition) is 2. The molecule has 0 amide bonds. The van der Waals surface area contributed by atoms with Crippen LogP contribution in [0.1, 0.15) is 5.56 Å². The van der Waals surface area contributed by atoms with Crippen LogP contribution in [-0.4, -0.2) is 31.9 Å². The van der Waals surface area contributed by atoms with Crippen LogP contribution in [0.3, 0.4) is 0 Å². The molecule has 0 bridgehead atoms. The summed E-state index contributed by atoms with van der Waals surface area (Å²) in [5, 5.41) is 17.4. The maximum Gasteiger partial charge on any atom is 0.707 e. The van der Waals surface area contributed by atoms with Gasteiger partial charge in [0.2, 0.25) is 0 Å². The SMILES string of the molecule is OB(O)Oc1ccc(Cn2cnc3cnccc32)cc1. The largest absolute Gasteiger partial charge is 0.707 e. The summed E-state index contributed by atoms with van der Waals surface area (Å²) in [6.45, 7) is 0.669. The van der Waals surface area contributed by atoms with Crippen LogP contribution in [0.4, 0.5) is 0 Å². The molecule has 0 saturated carbocycles. The molecule has 6 nitrogen and oxygen atoms in total. The van der Waals surface area contributed by atoms with Crippen LogP contribution < -0.4 is 4.65 Å². The Kier molecular flexibility index (Phi) is 3.36. The lowest BCUT2D eigenvalue weighted by atomic mass is 10.2. The molecule has 2 aromatic heterocycles. The number of nitrogens with zero attached hydrogens (tertiary/aromatic N) is 3. The maximum absolute atomic E-state index is 8.72. The lowest BCUT2D eigenvalue weighted by Crippen LogP contribution is -2.20. The van der Waals surface area contributed by atoms with E-state index in [1.54, 1.807) is 30.9 Å². The fraction of sp³-hybridized carbons (Fsp3) is 0.0769. The van der Waals surface area contributed by atoms with Crippen molar-refractivity contribution in [2.24, 2.45) is 0 Å². The molecule has 1 aromatic carbocycles. The minimum Gasteiger partial charge on any atom is -0.512 e. The quantitative estimate of drug-likeness (QED) is 0.685. The molecule has 0 unspecified atom stereocenters. The molecule has 0 saturated heterocycles.